The Labute approximate surface area is 173 Å². The zero-order chi connectivity index (χ0) is 21.2. The maximum atomic E-state index is 13.4. The summed E-state index contributed by atoms with van der Waals surface area (Å²) in [5.41, 5.74) is -0.181. The summed E-state index contributed by atoms with van der Waals surface area (Å²) in [6, 6.07) is 9.03. The SMILES string of the molecule is C[C@]1(C(=O)NCc2ccc(F)cc2)CCCN(S(=O)(=O)c2ccc(F)c(Cl)c2)C1. The quantitative estimate of drug-likeness (QED) is 0.767. The van der Waals surface area contributed by atoms with E-state index >= 15 is 0 Å². The second kappa shape index (κ2) is 8.38. The number of rotatable bonds is 5. The van der Waals surface area contributed by atoms with Gasteiger partial charge in [0.1, 0.15) is 11.6 Å². The Kier molecular flexibility index (Phi) is 6.26. The van der Waals surface area contributed by atoms with Gasteiger partial charge >= 0.3 is 0 Å². The van der Waals surface area contributed by atoms with E-state index in [4.69, 9.17) is 11.6 Å². The molecular weight excluding hydrogens is 422 g/mol. The number of benzene rings is 2. The van der Waals surface area contributed by atoms with Gasteiger partial charge in [-0.25, -0.2) is 17.2 Å². The van der Waals surface area contributed by atoms with Crippen molar-refractivity contribution in [3.05, 3.63) is 64.7 Å². The highest BCUT2D eigenvalue weighted by atomic mass is 35.5. The predicted molar refractivity (Wildman–Crippen MR) is 106 cm³/mol. The number of carbonyl (C=O) groups is 1. The first kappa shape index (κ1) is 21.7. The van der Waals surface area contributed by atoms with Crippen LogP contribution in [0.4, 0.5) is 8.78 Å². The molecule has 0 aromatic heterocycles. The molecule has 156 valence electrons. The number of hydrogen-bond acceptors (Lipinski definition) is 3. The van der Waals surface area contributed by atoms with Gasteiger partial charge in [-0.2, -0.15) is 4.31 Å². The highest BCUT2D eigenvalue weighted by Crippen LogP contribution is 2.33. The predicted octanol–water partition coefficient (Wildman–Crippen LogP) is 3.73. The molecule has 1 aliphatic heterocycles. The van der Waals surface area contributed by atoms with Gasteiger partial charge in [0.2, 0.25) is 15.9 Å². The number of amides is 1. The van der Waals surface area contributed by atoms with Crippen LogP contribution in [0.3, 0.4) is 0 Å². The van der Waals surface area contributed by atoms with E-state index in [1.54, 1.807) is 19.1 Å². The van der Waals surface area contributed by atoms with Crippen LogP contribution in [0.2, 0.25) is 5.02 Å². The normalized spacial score (nSPS) is 20.4. The molecule has 1 atom stereocenters. The van der Waals surface area contributed by atoms with Gasteiger partial charge in [0.15, 0.2) is 0 Å². The molecule has 2 aromatic carbocycles. The second-order valence-corrected chi connectivity index (χ2v) is 9.73. The molecular formula is C20H21ClF2N2O3S. The van der Waals surface area contributed by atoms with E-state index in [0.717, 1.165) is 23.8 Å². The van der Waals surface area contributed by atoms with E-state index < -0.39 is 21.3 Å². The van der Waals surface area contributed by atoms with E-state index in [0.29, 0.717) is 12.8 Å². The van der Waals surface area contributed by atoms with Crippen molar-refractivity contribution in [3.63, 3.8) is 0 Å². The molecule has 0 radical (unpaired) electrons. The topological polar surface area (TPSA) is 66.5 Å². The molecule has 1 aliphatic rings. The van der Waals surface area contributed by atoms with Crippen molar-refractivity contribution in [3.8, 4) is 0 Å². The van der Waals surface area contributed by atoms with Crippen molar-refractivity contribution in [1.82, 2.24) is 9.62 Å². The van der Waals surface area contributed by atoms with Crippen LogP contribution in [-0.4, -0.2) is 31.7 Å². The molecule has 1 heterocycles. The summed E-state index contributed by atoms with van der Waals surface area (Å²) < 4.78 is 53.5. The average Bonchev–Trinajstić information content (AvgIpc) is 2.69. The molecule has 1 amide bonds. The van der Waals surface area contributed by atoms with Gasteiger partial charge in [0.25, 0.3) is 0 Å². The number of hydrogen-bond donors (Lipinski definition) is 1. The molecule has 9 heteroatoms. The largest absolute Gasteiger partial charge is 0.352 e. The Balaban J connectivity index is 1.73. The fourth-order valence-electron chi connectivity index (χ4n) is 3.37. The number of carbonyl (C=O) groups excluding carboxylic acids is 1. The fraction of sp³-hybridized carbons (Fsp3) is 0.350. The third-order valence-corrected chi connectivity index (χ3v) is 7.24. The third-order valence-electron chi connectivity index (χ3n) is 5.10. The van der Waals surface area contributed by atoms with E-state index in [1.807, 2.05) is 0 Å². The van der Waals surface area contributed by atoms with Crippen LogP contribution >= 0.6 is 11.6 Å². The lowest BCUT2D eigenvalue weighted by Crippen LogP contribution is -2.51. The van der Waals surface area contributed by atoms with Gasteiger partial charge in [0.05, 0.1) is 15.3 Å². The van der Waals surface area contributed by atoms with E-state index in [-0.39, 0.29) is 41.3 Å². The fourth-order valence-corrected chi connectivity index (χ4v) is 5.24. The van der Waals surface area contributed by atoms with Gasteiger partial charge in [-0.05, 0) is 55.7 Å². The Morgan fingerprint density at radius 2 is 1.90 bits per heavy atom. The standard InChI is InChI=1S/C20H21ClF2N2O3S/c1-20(19(26)24-12-14-3-5-15(22)6-4-14)9-2-10-25(13-20)29(27,28)16-7-8-18(23)17(21)11-16/h3-8,11H,2,9-10,12-13H2,1H3,(H,24,26)/t20-/m0/s1. The van der Waals surface area contributed by atoms with Gasteiger partial charge in [0, 0.05) is 19.6 Å². The first-order chi connectivity index (χ1) is 13.6. The second-order valence-electron chi connectivity index (χ2n) is 7.39. The molecule has 1 fully saturated rings. The Morgan fingerprint density at radius 3 is 2.55 bits per heavy atom. The number of nitrogens with zero attached hydrogens (tertiary/aromatic N) is 1. The minimum atomic E-state index is -3.92. The highest BCUT2D eigenvalue weighted by Gasteiger charge is 2.41. The van der Waals surface area contributed by atoms with Crippen LogP contribution in [-0.2, 0) is 21.4 Å². The van der Waals surface area contributed by atoms with Crippen molar-refractivity contribution in [1.29, 1.82) is 0 Å². The molecule has 5 nitrogen and oxygen atoms in total. The van der Waals surface area contributed by atoms with Crippen molar-refractivity contribution >= 4 is 27.5 Å². The van der Waals surface area contributed by atoms with Gasteiger partial charge in [-0.15, -0.1) is 0 Å². The van der Waals surface area contributed by atoms with Crippen LogP contribution in [0.1, 0.15) is 25.3 Å². The molecule has 0 aliphatic carbocycles. The number of piperidine rings is 1. The lowest BCUT2D eigenvalue weighted by Gasteiger charge is -2.38. The number of nitrogens with one attached hydrogen (secondary N) is 1. The van der Waals surface area contributed by atoms with Crippen LogP contribution in [0.25, 0.3) is 0 Å². The minimum absolute atomic E-state index is 0.000417. The van der Waals surface area contributed by atoms with Gasteiger partial charge < -0.3 is 5.32 Å². The average molecular weight is 443 g/mol. The summed E-state index contributed by atoms with van der Waals surface area (Å²) in [7, 11) is -3.92. The Hall–Kier alpha value is -2.03. The maximum absolute atomic E-state index is 13.4. The van der Waals surface area contributed by atoms with Crippen LogP contribution in [0, 0.1) is 17.0 Å². The lowest BCUT2D eigenvalue weighted by molar-refractivity contribution is -0.132. The summed E-state index contributed by atoms with van der Waals surface area (Å²) in [6.45, 7) is 2.19. The molecule has 1 saturated heterocycles. The summed E-state index contributed by atoms with van der Waals surface area (Å²) in [5, 5.41) is 2.53. The molecule has 0 unspecified atom stereocenters. The minimum Gasteiger partial charge on any atom is -0.352 e. The maximum Gasteiger partial charge on any atom is 0.243 e. The first-order valence-electron chi connectivity index (χ1n) is 9.10. The van der Waals surface area contributed by atoms with Crippen molar-refractivity contribution < 1.29 is 22.0 Å². The Morgan fingerprint density at radius 1 is 1.21 bits per heavy atom. The van der Waals surface area contributed by atoms with Crippen LogP contribution < -0.4 is 5.32 Å². The van der Waals surface area contributed by atoms with Crippen molar-refractivity contribution in [2.24, 2.45) is 5.41 Å². The molecule has 0 spiro atoms. The van der Waals surface area contributed by atoms with Crippen molar-refractivity contribution in [2.75, 3.05) is 13.1 Å². The van der Waals surface area contributed by atoms with Gasteiger partial charge in [-0.3, -0.25) is 4.79 Å². The number of halogens is 3. The monoisotopic (exact) mass is 442 g/mol. The molecule has 3 rings (SSSR count). The zero-order valence-corrected chi connectivity index (χ0v) is 17.4. The van der Waals surface area contributed by atoms with E-state index in [9.17, 15) is 22.0 Å². The zero-order valence-electron chi connectivity index (χ0n) is 15.8. The van der Waals surface area contributed by atoms with Crippen LogP contribution in [0.5, 0.6) is 0 Å². The van der Waals surface area contributed by atoms with Crippen LogP contribution in [0.15, 0.2) is 47.4 Å². The van der Waals surface area contributed by atoms with Crippen molar-refractivity contribution in [2.45, 2.75) is 31.2 Å². The number of sulfonamides is 1. The summed E-state index contributed by atoms with van der Waals surface area (Å²) >= 11 is 5.73. The summed E-state index contributed by atoms with van der Waals surface area (Å²) in [5.74, 6) is -1.34. The van der Waals surface area contributed by atoms with Gasteiger partial charge in [-0.1, -0.05) is 23.7 Å². The molecule has 0 bridgehead atoms. The molecule has 2 aromatic rings. The molecule has 0 saturated carbocycles. The highest BCUT2D eigenvalue weighted by molar-refractivity contribution is 7.89. The van der Waals surface area contributed by atoms with E-state index in [2.05, 4.69) is 5.32 Å². The molecule has 29 heavy (non-hydrogen) atoms. The smallest absolute Gasteiger partial charge is 0.243 e. The third kappa shape index (κ3) is 4.76. The Bertz CT molecular complexity index is 1010. The molecule has 1 N–H and O–H groups in total. The lowest BCUT2D eigenvalue weighted by atomic mass is 9.82. The summed E-state index contributed by atoms with van der Waals surface area (Å²) in [6.07, 6.45) is 1.03. The first-order valence-corrected chi connectivity index (χ1v) is 10.9. The van der Waals surface area contributed by atoms with E-state index in [1.165, 1.54) is 16.4 Å². The summed E-state index contributed by atoms with van der Waals surface area (Å²) in [4.78, 5) is 12.7.